The van der Waals surface area contributed by atoms with Gasteiger partial charge in [-0.15, -0.1) is 22.7 Å². The van der Waals surface area contributed by atoms with Gasteiger partial charge in [-0.3, -0.25) is 0 Å². The summed E-state index contributed by atoms with van der Waals surface area (Å²) >= 11 is 3.58. The second kappa shape index (κ2) is 7.45. The van der Waals surface area contributed by atoms with Crippen molar-refractivity contribution in [3.05, 3.63) is 89.1 Å². The molecule has 4 heteroatoms. The fraction of sp³-hybridized carbons (Fsp3) is 0.0667. The highest BCUT2D eigenvalue weighted by molar-refractivity contribution is 7.19. The standard InChI is InChI=1S/C30H20O2S2/c1-17-3-5-18(6-4-17)23-15-25-27(29-21(23)11-13-33-29)28-26(32-25)16-24(22-12-14-34-30(22)28)19-7-9-20(31-2)10-8-19/h3-16H,1-2H3. The summed E-state index contributed by atoms with van der Waals surface area (Å²) in [4.78, 5) is 0. The SMILES string of the molecule is COc1ccc(-c2cc3oc4cc(-c5ccc(C)cc5)c5ccsc5c4c3c3sccc23)cc1. The molecule has 0 aliphatic carbocycles. The molecule has 0 aliphatic heterocycles. The van der Waals surface area contributed by atoms with E-state index in [1.807, 2.05) is 12.1 Å². The van der Waals surface area contributed by atoms with E-state index in [0.717, 1.165) is 22.5 Å². The Labute approximate surface area is 204 Å². The number of methoxy groups -OCH3 is 1. The van der Waals surface area contributed by atoms with Crippen LogP contribution in [-0.2, 0) is 0 Å². The summed E-state index contributed by atoms with van der Waals surface area (Å²) in [7, 11) is 1.70. The molecule has 3 aromatic heterocycles. The van der Waals surface area contributed by atoms with Gasteiger partial charge in [0.2, 0.25) is 0 Å². The lowest BCUT2D eigenvalue weighted by Crippen LogP contribution is -1.83. The molecule has 0 atom stereocenters. The molecule has 0 spiro atoms. The lowest BCUT2D eigenvalue weighted by molar-refractivity contribution is 0.415. The van der Waals surface area contributed by atoms with Crippen LogP contribution < -0.4 is 4.74 Å². The van der Waals surface area contributed by atoms with E-state index in [0.29, 0.717) is 0 Å². The summed E-state index contributed by atoms with van der Waals surface area (Å²) in [5, 5.41) is 9.37. The van der Waals surface area contributed by atoms with Gasteiger partial charge < -0.3 is 9.15 Å². The van der Waals surface area contributed by atoms with Crippen LogP contribution in [0.25, 0.3) is 64.4 Å². The number of hydrogen-bond donors (Lipinski definition) is 0. The minimum atomic E-state index is 0.860. The summed E-state index contributed by atoms with van der Waals surface area (Å²) in [6, 6.07) is 25.9. The van der Waals surface area contributed by atoms with Gasteiger partial charge in [0.25, 0.3) is 0 Å². The summed E-state index contributed by atoms with van der Waals surface area (Å²) in [5.74, 6) is 0.860. The molecule has 0 amide bonds. The van der Waals surface area contributed by atoms with Crippen LogP contribution in [0.5, 0.6) is 5.75 Å². The molecular weight excluding hydrogens is 456 g/mol. The molecule has 7 rings (SSSR count). The van der Waals surface area contributed by atoms with Gasteiger partial charge in [0.05, 0.1) is 7.11 Å². The summed E-state index contributed by atoms with van der Waals surface area (Å²) in [5.41, 5.74) is 7.94. The van der Waals surface area contributed by atoms with Crippen LogP contribution in [0.1, 0.15) is 5.56 Å². The third-order valence-electron chi connectivity index (χ3n) is 6.64. The van der Waals surface area contributed by atoms with Crippen LogP contribution in [0.3, 0.4) is 0 Å². The van der Waals surface area contributed by atoms with Crippen molar-refractivity contribution >= 4 is 64.8 Å². The Kier molecular flexibility index (Phi) is 4.35. The Balaban J connectivity index is 1.56. The second-order valence-electron chi connectivity index (χ2n) is 8.62. The molecule has 0 N–H and O–H groups in total. The molecule has 2 nitrogen and oxygen atoms in total. The average molecular weight is 477 g/mol. The monoisotopic (exact) mass is 476 g/mol. The Morgan fingerprint density at radius 1 is 0.647 bits per heavy atom. The first kappa shape index (κ1) is 19.8. The molecule has 7 aromatic rings. The number of hydrogen-bond acceptors (Lipinski definition) is 4. The van der Waals surface area contributed by atoms with Gasteiger partial charge in [0.1, 0.15) is 16.9 Å². The van der Waals surface area contributed by atoms with Crippen molar-refractivity contribution in [3.63, 3.8) is 0 Å². The molecular formula is C30H20O2S2. The minimum Gasteiger partial charge on any atom is -0.497 e. The summed E-state index contributed by atoms with van der Waals surface area (Å²) < 4.78 is 14.5. The van der Waals surface area contributed by atoms with Crippen LogP contribution in [0, 0.1) is 6.92 Å². The van der Waals surface area contributed by atoms with Crippen molar-refractivity contribution in [1.29, 1.82) is 0 Å². The van der Waals surface area contributed by atoms with Gasteiger partial charge >= 0.3 is 0 Å². The van der Waals surface area contributed by atoms with Gasteiger partial charge in [-0.05, 0) is 76.3 Å². The fourth-order valence-electron chi connectivity index (χ4n) is 4.95. The van der Waals surface area contributed by atoms with E-state index in [9.17, 15) is 0 Å². The van der Waals surface area contributed by atoms with Gasteiger partial charge in [-0.25, -0.2) is 0 Å². The molecule has 0 bridgehead atoms. The first-order valence-corrected chi connectivity index (χ1v) is 13.0. The number of aryl methyl sites for hydroxylation is 1. The third-order valence-corrected chi connectivity index (χ3v) is 8.51. The zero-order chi connectivity index (χ0) is 22.8. The van der Waals surface area contributed by atoms with Gasteiger partial charge in [-0.2, -0.15) is 0 Å². The normalized spacial score (nSPS) is 11.8. The Hall–Kier alpha value is -3.60. The van der Waals surface area contributed by atoms with Crippen LogP contribution in [0.4, 0.5) is 0 Å². The first-order valence-electron chi connectivity index (χ1n) is 11.2. The average Bonchev–Trinajstić information content (AvgIpc) is 3.60. The number of rotatable bonds is 3. The van der Waals surface area contributed by atoms with E-state index in [1.54, 1.807) is 29.8 Å². The van der Waals surface area contributed by atoms with Gasteiger partial charge in [-0.1, -0.05) is 42.0 Å². The molecule has 34 heavy (non-hydrogen) atoms. The van der Waals surface area contributed by atoms with Crippen molar-refractivity contribution < 1.29 is 9.15 Å². The maximum atomic E-state index is 6.59. The Morgan fingerprint density at radius 2 is 1.15 bits per heavy atom. The van der Waals surface area contributed by atoms with E-state index in [2.05, 4.69) is 78.3 Å². The van der Waals surface area contributed by atoms with Crippen molar-refractivity contribution in [2.75, 3.05) is 7.11 Å². The predicted octanol–water partition coefficient (Wildman–Crippen LogP) is 9.67. The van der Waals surface area contributed by atoms with E-state index in [1.165, 1.54) is 53.2 Å². The smallest absolute Gasteiger partial charge is 0.137 e. The topological polar surface area (TPSA) is 22.4 Å². The molecule has 164 valence electrons. The Bertz CT molecular complexity index is 1830. The molecule has 4 aromatic carbocycles. The fourth-order valence-corrected chi connectivity index (χ4v) is 6.88. The molecule has 0 unspecified atom stereocenters. The second-order valence-corrected chi connectivity index (χ2v) is 10.5. The van der Waals surface area contributed by atoms with Crippen molar-refractivity contribution in [1.82, 2.24) is 0 Å². The first-order chi connectivity index (χ1) is 16.7. The van der Waals surface area contributed by atoms with Crippen LogP contribution >= 0.6 is 22.7 Å². The van der Waals surface area contributed by atoms with E-state index >= 15 is 0 Å². The highest BCUT2D eigenvalue weighted by Gasteiger charge is 2.20. The van der Waals surface area contributed by atoms with Gasteiger partial charge in [0, 0.05) is 30.9 Å². The molecule has 0 saturated carbocycles. The largest absolute Gasteiger partial charge is 0.497 e. The van der Waals surface area contributed by atoms with Gasteiger partial charge in [0.15, 0.2) is 0 Å². The Morgan fingerprint density at radius 3 is 1.65 bits per heavy atom. The molecule has 3 heterocycles. The van der Waals surface area contributed by atoms with Crippen LogP contribution in [0.15, 0.2) is 88.0 Å². The molecule has 0 aliphatic rings. The summed E-state index contributed by atoms with van der Waals surface area (Å²) in [6.45, 7) is 2.12. The number of thiophene rings is 2. The van der Waals surface area contributed by atoms with E-state index in [-0.39, 0.29) is 0 Å². The van der Waals surface area contributed by atoms with Crippen LogP contribution in [-0.4, -0.2) is 7.11 Å². The maximum absolute atomic E-state index is 6.59. The van der Waals surface area contributed by atoms with Crippen LogP contribution in [0.2, 0.25) is 0 Å². The number of furan rings is 1. The molecule has 0 radical (unpaired) electrons. The highest BCUT2D eigenvalue weighted by atomic mass is 32.1. The van der Waals surface area contributed by atoms with Crippen molar-refractivity contribution in [3.8, 4) is 28.0 Å². The zero-order valence-corrected chi connectivity index (χ0v) is 20.3. The molecule has 0 saturated heterocycles. The molecule has 0 fully saturated rings. The number of fused-ring (bicyclic) bond motifs is 7. The summed E-state index contributed by atoms with van der Waals surface area (Å²) in [6.07, 6.45) is 0. The lowest BCUT2D eigenvalue weighted by atomic mass is 9.97. The highest BCUT2D eigenvalue weighted by Crippen LogP contribution is 2.47. The zero-order valence-electron chi connectivity index (χ0n) is 18.7. The lowest BCUT2D eigenvalue weighted by Gasteiger charge is -2.07. The predicted molar refractivity (Wildman–Crippen MR) is 147 cm³/mol. The third kappa shape index (κ3) is 2.86. The number of ether oxygens (including phenoxy) is 1. The van der Waals surface area contributed by atoms with Crippen molar-refractivity contribution in [2.24, 2.45) is 0 Å². The minimum absolute atomic E-state index is 0.860. The maximum Gasteiger partial charge on any atom is 0.137 e. The quantitative estimate of drug-likeness (QED) is 0.253. The number of benzene rings is 4. The van der Waals surface area contributed by atoms with E-state index in [4.69, 9.17) is 9.15 Å². The van der Waals surface area contributed by atoms with E-state index < -0.39 is 0 Å². The van der Waals surface area contributed by atoms with Crippen molar-refractivity contribution in [2.45, 2.75) is 6.92 Å².